The molecule has 0 fully saturated rings. The number of hydrogen-bond acceptors (Lipinski definition) is 3. The van der Waals surface area contributed by atoms with Gasteiger partial charge in [0.2, 0.25) is 9.84 Å². The zero-order valence-electron chi connectivity index (χ0n) is 19.1. The highest BCUT2D eigenvalue weighted by Crippen LogP contribution is 2.62. The molecule has 2 aliphatic rings. The van der Waals surface area contributed by atoms with Gasteiger partial charge in [-0.1, -0.05) is 84.9 Å². The van der Waals surface area contributed by atoms with Crippen molar-refractivity contribution in [3.05, 3.63) is 137 Å². The number of hydrogen-bond donors (Lipinski definition) is 0. The fourth-order valence-corrected chi connectivity index (χ4v) is 7.18. The first-order valence-corrected chi connectivity index (χ1v) is 13.1. The summed E-state index contributed by atoms with van der Waals surface area (Å²) in [6.07, 6.45) is 1.60. The summed E-state index contributed by atoms with van der Waals surface area (Å²) in [5.74, 6) is 0. The third-order valence-electron chi connectivity index (χ3n) is 7.44. The Morgan fingerprint density at radius 2 is 1.11 bits per heavy atom. The van der Waals surface area contributed by atoms with Gasteiger partial charge in [-0.25, -0.2) is 13.4 Å². The van der Waals surface area contributed by atoms with Gasteiger partial charge in [0.1, 0.15) is 0 Å². The first kappa shape index (κ1) is 20.4. The summed E-state index contributed by atoms with van der Waals surface area (Å²) in [4.78, 5) is 4.50. The van der Waals surface area contributed by atoms with Crippen molar-refractivity contribution >= 4 is 9.84 Å². The van der Waals surface area contributed by atoms with E-state index in [2.05, 4.69) is 77.8 Å². The fourth-order valence-electron chi connectivity index (χ4n) is 5.98. The number of aromatic nitrogens is 1. The molecule has 168 valence electrons. The topological polar surface area (TPSA) is 47.0 Å². The summed E-state index contributed by atoms with van der Waals surface area (Å²) in [5.41, 5.74) is 9.54. The Labute approximate surface area is 204 Å². The molecule has 0 bridgehead atoms. The summed E-state index contributed by atoms with van der Waals surface area (Å²) in [5, 5.41) is 0.0693. The molecule has 1 spiro atoms. The van der Waals surface area contributed by atoms with Gasteiger partial charge in [-0.15, -0.1) is 0 Å². The monoisotopic (exact) mass is 471 g/mol. The Balaban J connectivity index is 1.58. The van der Waals surface area contributed by atoms with E-state index in [1.807, 2.05) is 19.1 Å². The van der Waals surface area contributed by atoms with Crippen LogP contribution in [-0.2, 0) is 15.3 Å². The maximum atomic E-state index is 13.6. The van der Waals surface area contributed by atoms with E-state index in [0.29, 0.717) is 0 Å². The number of nitrogens with zero attached hydrogens (tertiary/aromatic N) is 1. The maximum Gasteiger partial charge on any atom is 0.223 e. The van der Waals surface area contributed by atoms with Gasteiger partial charge in [-0.3, -0.25) is 0 Å². The summed E-state index contributed by atoms with van der Waals surface area (Å²) in [6.45, 7) is 1.90. The molecule has 4 heteroatoms. The standard InChI is InChI=1S/C31H21NO2S/c1-20-14-17-30(32-19-20)35(33,34)21-15-16-25-24-10-4-7-13-28(24)31(29(25)18-21)26-11-5-2-8-22(26)23-9-3-6-12-27(23)31/h2-19H,1H3. The predicted molar refractivity (Wildman–Crippen MR) is 137 cm³/mol. The van der Waals surface area contributed by atoms with Gasteiger partial charge in [0.05, 0.1) is 10.3 Å². The van der Waals surface area contributed by atoms with Crippen LogP contribution >= 0.6 is 0 Å². The average molecular weight is 472 g/mol. The first-order valence-electron chi connectivity index (χ1n) is 11.6. The van der Waals surface area contributed by atoms with Gasteiger partial charge in [-0.05, 0) is 75.2 Å². The van der Waals surface area contributed by atoms with Crippen LogP contribution in [0.25, 0.3) is 22.3 Å². The molecule has 0 radical (unpaired) electrons. The van der Waals surface area contributed by atoms with Crippen LogP contribution in [0.5, 0.6) is 0 Å². The second-order valence-corrected chi connectivity index (χ2v) is 11.2. The molecule has 5 aromatic rings. The van der Waals surface area contributed by atoms with Crippen LogP contribution < -0.4 is 0 Å². The van der Waals surface area contributed by atoms with Gasteiger partial charge in [0, 0.05) is 6.20 Å². The molecule has 7 rings (SSSR count). The molecule has 1 aromatic heterocycles. The lowest BCUT2D eigenvalue weighted by Crippen LogP contribution is -2.26. The van der Waals surface area contributed by atoms with Crippen molar-refractivity contribution in [1.29, 1.82) is 0 Å². The number of benzene rings is 4. The summed E-state index contributed by atoms with van der Waals surface area (Å²) >= 11 is 0. The molecule has 0 aliphatic heterocycles. The van der Waals surface area contributed by atoms with Crippen LogP contribution in [0.3, 0.4) is 0 Å². The molecular formula is C31H21NO2S. The summed E-state index contributed by atoms with van der Waals surface area (Å²) in [6, 6.07) is 34.4. The van der Waals surface area contributed by atoms with Gasteiger partial charge in [0.15, 0.2) is 5.03 Å². The number of aryl methyl sites for hydroxylation is 1. The van der Waals surface area contributed by atoms with Crippen LogP contribution in [-0.4, -0.2) is 13.4 Å². The third-order valence-corrected chi connectivity index (χ3v) is 9.11. The van der Waals surface area contributed by atoms with E-state index < -0.39 is 15.3 Å². The zero-order chi connectivity index (χ0) is 23.8. The molecule has 0 amide bonds. The third kappa shape index (κ3) is 2.55. The minimum absolute atomic E-state index is 0.0693. The van der Waals surface area contributed by atoms with Crippen molar-refractivity contribution in [2.75, 3.05) is 0 Å². The highest BCUT2D eigenvalue weighted by molar-refractivity contribution is 7.91. The Hall–Kier alpha value is -4.02. The SMILES string of the molecule is Cc1ccc(S(=O)(=O)c2ccc3c(c2)C2(c4ccccc4-c4ccccc42)c2ccccc2-3)nc1. The van der Waals surface area contributed by atoms with Crippen molar-refractivity contribution in [2.24, 2.45) is 0 Å². The van der Waals surface area contributed by atoms with Gasteiger partial charge in [0.25, 0.3) is 0 Å². The number of pyridine rings is 1. The lowest BCUT2D eigenvalue weighted by molar-refractivity contribution is 0.592. The van der Waals surface area contributed by atoms with Gasteiger partial charge in [-0.2, -0.15) is 0 Å². The highest BCUT2D eigenvalue weighted by Gasteiger charge is 2.51. The Kier molecular flexibility index (Phi) is 4.07. The molecule has 0 N–H and O–H groups in total. The number of sulfone groups is 1. The highest BCUT2D eigenvalue weighted by atomic mass is 32.2. The van der Waals surface area contributed by atoms with Gasteiger partial charge < -0.3 is 0 Å². The van der Waals surface area contributed by atoms with E-state index >= 15 is 0 Å². The molecule has 2 aliphatic carbocycles. The predicted octanol–water partition coefficient (Wildman–Crippen LogP) is 6.57. The minimum atomic E-state index is -3.78. The molecule has 0 unspecified atom stereocenters. The Bertz CT molecular complexity index is 1710. The van der Waals surface area contributed by atoms with Gasteiger partial charge >= 0.3 is 0 Å². The zero-order valence-corrected chi connectivity index (χ0v) is 19.9. The van der Waals surface area contributed by atoms with Crippen LogP contribution in [0.15, 0.2) is 119 Å². The van der Waals surface area contributed by atoms with Crippen LogP contribution in [0.4, 0.5) is 0 Å². The molecule has 3 nitrogen and oxygen atoms in total. The second-order valence-electron chi connectivity index (χ2n) is 9.27. The van der Waals surface area contributed by atoms with Crippen molar-refractivity contribution < 1.29 is 8.42 Å². The van der Waals surface area contributed by atoms with E-state index in [1.54, 1.807) is 24.4 Å². The normalized spacial score (nSPS) is 14.3. The van der Waals surface area contributed by atoms with Crippen molar-refractivity contribution in [3.8, 4) is 22.3 Å². The molecule has 0 saturated carbocycles. The smallest absolute Gasteiger partial charge is 0.223 e. The Morgan fingerprint density at radius 1 is 0.600 bits per heavy atom. The van der Waals surface area contributed by atoms with Crippen LogP contribution in [0.1, 0.15) is 27.8 Å². The molecule has 1 heterocycles. The van der Waals surface area contributed by atoms with E-state index in [9.17, 15) is 8.42 Å². The second kappa shape index (κ2) is 7.00. The quantitative estimate of drug-likeness (QED) is 0.287. The summed E-state index contributed by atoms with van der Waals surface area (Å²) in [7, 11) is -3.78. The number of fused-ring (bicyclic) bond motifs is 10. The molecule has 0 atom stereocenters. The van der Waals surface area contributed by atoms with Crippen molar-refractivity contribution in [3.63, 3.8) is 0 Å². The average Bonchev–Trinajstić information content (AvgIpc) is 3.36. The van der Waals surface area contributed by atoms with Crippen molar-refractivity contribution in [2.45, 2.75) is 22.3 Å². The first-order chi connectivity index (χ1) is 17.0. The fraction of sp³-hybridized carbons (Fsp3) is 0.0645. The van der Waals surface area contributed by atoms with Crippen molar-refractivity contribution in [1.82, 2.24) is 4.98 Å². The maximum absolute atomic E-state index is 13.6. The van der Waals surface area contributed by atoms with Crippen LogP contribution in [0.2, 0.25) is 0 Å². The van der Waals surface area contributed by atoms with Crippen LogP contribution in [0, 0.1) is 6.92 Å². The molecule has 0 saturated heterocycles. The minimum Gasteiger partial charge on any atom is -0.244 e. The molecule has 35 heavy (non-hydrogen) atoms. The largest absolute Gasteiger partial charge is 0.244 e. The molecular weight excluding hydrogens is 450 g/mol. The van der Waals surface area contributed by atoms with E-state index in [4.69, 9.17) is 0 Å². The molecule has 4 aromatic carbocycles. The number of rotatable bonds is 2. The van der Waals surface area contributed by atoms with E-state index in [-0.39, 0.29) is 9.92 Å². The van der Waals surface area contributed by atoms with E-state index in [0.717, 1.165) is 22.3 Å². The van der Waals surface area contributed by atoms with E-state index in [1.165, 1.54) is 27.8 Å². The lowest BCUT2D eigenvalue weighted by atomic mass is 9.70. The summed E-state index contributed by atoms with van der Waals surface area (Å²) < 4.78 is 27.3. The Morgan fingerprint density at radius 3 is 1.63 bits per heavy atom. The lowest BCUT2D eigenvalue weighted by Gasteiger charge is -2.30.